The lowest BCUT2D eigenvalue weighted by Gasteiger charge is -2.16. The van der Waals surface area contributed by atoms with Crippen LogP contribution in [0.2, 0.25) is 0 Å². The number of hydrogen-bond acceptors (Lipinski definition) is 9. The molecule has 3 N–H and O–H groups in total. The summed E-state index contributed by atoms with van der Waals surface area (Å²) in [6.07, 6.45) is 10.0. The first kappa shape index (κ1) is 18.5. The number of amides is 1. The van der Waals surface area contributed by atoms with Gasteiger partial charge in [0, 0.05) is 12.8 Å². The highest BCUT2D eigenvalue weighted by molar-refractivity contribution is 5.94. The maximum Gasteiger partial charge on any atom is 0.292 e. The molecule has 2 aromatic heterocycles. The number of rotatable bonds is 6. The number of hydrazone groups is 1. The Labute approximate surface area is 162 Å². The molecule has 2 aliphatic rings. The summed E-state index contributed by atoms with van der Waals surface area (Å²) in [6.45, 7) is 2.48. The maximum absolute atomic E-state index is 12.9. The first-order valence-electron chi connectivity index (χ1n) is 9.81. The molecule has 4 rings (SSSR count). The highest BCUT2D eigenvalue weighted by atomic mass is 16.6. The van der Waals surface area contributed by atoms with Gasteiger partial charge in [0.05, 0.1) is 0 Å². The van der Waals surface area contributed by atoms with Crippen molar-refractivity contribution in [3.8, 4) is 5.82 Å². The quantitative estimate of drug-likeness (QED) is 0.555. The van der Waals surface area contributed by atoms with Gasteiger partial charge in [-0.25, -0.2) is 10.1 Å². The van der Waals surface area contributed by atoms with Gasteiger partial charge in [-0.3, -0.25) is 9.69 Å². The normalized spacial score (nSPS) is 18.9. The SMILES string of the molecule is Nc1nonc1-n1nnc(CN2CCCC2)c1C(=O)N/N=C\C1CCCCC1. The van der Waals surface area contributed by atoms with E-state index in [0.717, 1.165) is 38.8 Å². The van der Waals surface area contributed by atoms with E-state index < -0.39 is 5.91 Å². The molecule has 0 spiro atoms. The number of nitrogens with zero attached hydrogens (tertiary/aromatic N) is 7. The van der Waals surface area contributed by atoms with Gasteiger partial charge >= 0.3 is 0 Å². The lowest BCUT2D eigenvalue weighted by Crippen LogP contribution is -2.26. The molecule has 1 amide bonds. The summed E-state index contributed by atoms with van der Waals surface area (Å²) in [5.74, 6) is 0.184. The van der Waals surface area contributed by atoms with Crippen LogP contribution in [0, 0.1) is 5.92 Å². The van der Waals surface area contributed by atoms with E-state index in [-0.39, 0.29) is 17.3 Å². The first-order valence-corrected chi connectivity index (χ1v) is 9.81. The zero-order valence-electron chi connectivity index (χ0n) is 15.8. The minimum absolute atomic E-state index is 0.0392. The summed E-state index contributed by atoms with van der Waals surface area (Å²) in [4.78, 5) is 15.1. The number of carbonyl (C=O) groups excluding carboxylic acids is 1. The third-order valence-electron chi connectivity index (χ3n) is 5.32. The van der Waals surface area contributed by atoms with Gasteiger partial charge in [0.15, 0.2) is 5.69 Å². The van der Waals surface area contributed by atoms with E-state index in [4.69, 9.17) is 5.73 Å². The van der Waals surface area contributed by atoms with Crippen LogP contribution in [0.3, 0.4) is 0 Å². The average molecular weight is 387 g/mol. The highest BCUT2D eigenvalue weighted by Crippen LogP contribution is 2.22. The van der Waals surface area contributed by atoms with Crippen molar-refractivity contribution < 1.29 is 9.42 Å². The molecule has 2 aromatic rings. The molecule has 1 saturated carbocycles. The van der Waals surface area contributed by atoms with Crippen molar-refractivity contribution in [3.05, 3.63) is 11.4 Å². The van der Waals surface area contributed by atoms with Crippen LogP contribution in [-0.4, -0.2) is 55.4 Å². The summed E-state index contributed by atoms with van der Waals surface area (Å²) < 4.78 is 5.92. The molecule has 0 unspecified atom stereocenters. The molecule has 0 bridgehead atoms. The van der Waals surface area contributed by atoms with Gasteiger partial charge in [-0.05, 0) is 55.0 Å². The number of nitrogen functional groups attached to an aromatic ring is 1. The Morgan fingerprint density at radius 1 is 1.21 bits per heavy atom. The van der Waals surface area contributed by atoms with Crippen LogP contribution in [0.5, 0.6) is 0 Å². The molecule has 2 fully saturated rings. The lowest BCUT2D eigenvalue weighted by molar-refractivity contribution is 0.0945. The third-order valence-corrected chi connectivity index (χ3v) is 5.32. The second-order valence-electron chi connectivity index (χ2n) is 7.37. The number of anilines is 1. The van der Waals surface area contributed by atoms with Gasteiger partial charge in [-0.15, -0.1) is 5.10 Å². The molecule has 1 aliphatic carbocycles. The molecule has 1 saturated heterocycles. The first-order chi connectivity index (χ1) is 13.7. The van der Waals surface area contributed by atoms with E-state index >= 15 is 0 Å². The largest absolute Gasteiger partial charge is 0.378 e. The van der Waals surface area contributed by atoms with Gasteiger partial charge in [0.2, 0.25) is 11.6 Å². The predicted octanol–water partition coefficient (Wildman–Crippen LogP) is 1.12. The molecule has 0 atom stereocenters. The predicted molar refractivity (Wildman–Crippen MR) is 101 cm³/mol. The lowest BCUT2D eigenvalue weighted by atomic mass is 9.90. The minimum atomic E-state index is -0.409. The summed E-state index contributed by atoms with van der Waals surface area (Å²) in [5, 5.41) is 19.7. The fourth-order valence-corrected chi connectivity index (χ4v) is 3.82. The molecular weight excluding hydrogens is 362 g/mol. The van der Waals surface area contributed by atoms with E-state index in [0.29, 0.717) is 18.2 Å². The zero-order chi connectivity index (χ0) is 19.3. The Hall–Kier alpha value is -2.82. The van der Waals surface area contributed by atoms with Crippen molar-refractivity contribution >= 4 is 17.9 Å². The summed E-state index contributed by atoms with van der Waals surface area (Å²) in [7, 11) is 0. The van der Waals surface area contributed by atoms with Crippen molar-refractivity contribution in [1.29, 1.82) is 0 Å². The number of likely N-dealkylation sites (tertiary alicyclic amines) is 1. The summed E-state index contributed by atoms with van der Waals surface area (Å²) in [6, 6.07) is 0. The Bertz CT molecular complexity index is 832. The van der Waals surface area contributed by atoms with Crippen molar-refractivity contribution in [2.75, 3.05) is 18.8 Å². The molecule has 11 heteroatoms. The zero-order valence-corrected chi connectivity index (χ0v) is 15.8. The molecule has 150 valence electrons. The number of nitrogens with two attached hydrogens (primary N) is 1. The van der Waals surface area contributed by atoms with Crippen molar-refractivity contribution in [3.63, 3.8) is 0 Å². The molecule has 0 aromatic carbocycles. The smallest absolute Gasteiger partial charge is 0.292 e. The van der Waals surface area contributed by atoms with Crippen molar-refractivity contribution in [1.82, 2.24) is 35.6 Å². The fourth-order valence-electron chi connectivity index (χ4n) is 3.82. The summed E-state index contributed by atoms with van der Waals surface area (Å²) >= 11 is 0. The van der Waals surface area contributed by atoms with E-state index in [1.54, 1.807) is 0 Å². The second-order valence-corrected chi connectivity index (χ2v) is 7.37. The van der Waals surface area contributed by atoms with Gasteiger partial charge in [0.1, 0.15) is 5.69 Å². The van der Waals surface area contributed by atoms with E-state index in [1.807, 2.05) is 6.21 Å². The third kappa shape index (κ3) is 4.03. The number of carbonyl (C=O) groups is 1. The van der Waals surface area contributed by atoms with Crippen LogP contribution in [-0.2, 0) is 6.54 Å². The van der Waals surface area contributed by atoms with Crippen molar-refractivity contribution in [2.45, 2.75) is 51.5 Å². The molecular formula is C17H25N9O2. The number of nitrogens with one attached hydrogen (secondary N) is 1. The van der Waals surface area contributed by atoms with E-state index in [1.165, 1.54) is 23.9 Å². The van der Waals surface area contributed by atoms with Gasteiger partial charge in [-0.1, -0.05) is 24.5 Å². The number of aromatic nitrogens is 5. The minimum Gasteiger partial charge on any atom is -0.378 e. The molecule has 0 radical (unpaired) electrons. The molecule has 3 heterocycles. The van der Waals surface area contributed by atoms with Crippen LogP contribution in [0.25, 0.3) is 5.82 Å². The maximum atomic E-state index is 12.9. The van der Waals surface area contributed by atoms with Crippen LogP contribution in [0.1, 0.15) is 61.1 Å². The summed E-state index contributed by atoms with van der Waals surface area (Å²) in [5.41, 5.74) is 9.19. The number of hydrogen-bond donors (Lipinski definition) is 2. The van der Waals surface area contributed by atoms with Crippen LogP contribution in [0.15, 0.2) is 9.73 Å². The Kier molecular flexibility index (Phi) is 5.60. The van der Waals surface area contributed by atoms with Gasteiger partial charge < -0.3 is 5.73 Å². The average Bonchev–Trinajstić information content (AvgIpc) is 3.44. The Balaban J connectivity index is 1.55. The van der Waals surface area contributed by atoms with Gasteiger partial charge in [-0.2, -0.15) is 9.78 Å². The fraction of sp³-hybridized carbons (Fsp3) is 0.647. The Morgan fingerprint density at radius 2 is 2.00 bits per heavy atom. The van der Waals surface area contributed by atoms with Crippen LogP contribution in [0.4, 0.5) is 5.82 Å². The Morgan fingerprint density at radius 3 is 2.71 bits per heavy atom. The van der Waals surface area contributed by atoms with Crippen LogP contribution < -0.4 is 11.2 Å². The second kappa shape index (κ2) is 8.46. The van der Waals surface area contributed by atoms with Crippen molar-refractivity contribution in [2.24, 2.45) is 11.0 Å². The monoisotopic (exact) mass is 387 g/mol. The van der Waals surface area contributed by atoms with Crippen LogP contribution >= 0.6 is 0 Å². The van der Waals surface area contributed by atoms with Gasteiger partial charge in [0.25, 0.3) is 5.91 Å². The molecule has 1 aliphatic heterocycles. The highest BCUT2D eigenvalue weighted by Gasteiger charge is 2.27. The van der Waals surface area contributed by atoms with E-state index in [2.05, 4.69) is 40.7 Å². The standard InChI is InChI=1S/C17H25N9O2/c18-15-16(23-28-22-15)26-14(13(20-24-26)11-25-8-4-5-9-25)17(27)21-19-10-12-6-2-1-3-7-12/h10,12H,1-9,11H2,(H2,18,22)(H,21,27)/b19-10-. The molecule has 28 heavy (non-hydrogen) atoms. The molecule has 11 nitrogen and oxygen atoms in total. The van der Waals surface area contributed by atoms with E-state index in [9.17, 15) is 4.79 Å². The topological polar surface area (TPSA) is 140 Å².